The summed E-state index contributed by atoms with van der Waals surface area (Å²) in [4.78, 5) is 2.24. The summed E-state index contributed by atoms with van der Waals surface area (Å²) in [6.07, 6.45) is 2.39. The van der Waals surface area contributed by atoms with E-state index in [2.05, 4.69) is 30.1 Å². The summed E-state index contributed by atoms with van der Waals surface area (Å²) in [6, 6.07) is 5.34. The van der Waals surface area contributed by atoms with Gasteiger partial charge in [0, 0.05) is 32.4 Å². The first kappa shape index (κ1) is 16.2. The summed E-state index contributed by atoms with van der Waals surface area (Å²) in [5.41, 5.74) is 1.98. The van der Waals surface area contributed by atoms with Crippen molar-refractivity contribution < 1.29 is 9.13 Å². The molecule has 3 nitrogen and oxygen atoms in total. The van der Waals surface area contributed by atoms with Crippen LogP contribution in [0.5, 0.6) is 0 Å². The molecule has 1 aliphatic heterocycles. The Balaban J connectivity index is 2.08. The van der Waals surface area contributed by atoms with Crippen LogP contribution in [0.2, 0.25) is 0 Å². The number of hydrogen-bond donors (Lipinski definition) is 1. The molecule has 0 aliphatic carbocycles. The summed E-state index contributed by atoms with van der Waals surface area (Å²) >= 11 is 0. The molecule has 0 amide bonds. The number of rotatable bonds is 6. The molecule has 0 aromatic heterocycles. The van der Waals surface area contributed by atoms with Crippen molar-refractivity contribution in [2.75, 3.05) is 31.6 Å². The van der Waals surface area contributed by atoms with E-state index < -0.39 is 0 Å². The van der Waals surface area contributed by atoms with Crippen LogP contribution in [0.25, 0.3) is 0 Å². The van der Waals surface area contributed by atoms with Crippen LogP contribution in [0.15, 0.2) is 18.2 Å². The van der Waals surface area contributed by atoms with Gasteiger partial charge in [0.05, 0.1) is 6.10 Å². The summed E-state index contributed by atoms with van der Waals surface area (Å²) < 4.78 is 19.4. The van der Waals surface area contributed by atoms with Crippen LogP contribution in [0.3, 0.4) is 0 Å². The maximum atomic E-state index is 13.9. The van der Waals surface area contributed by atoms with E-state index in [1.807, 2.05) is 0 Å². The van der Waals surface area contributed by atoms with Gasteiger partial charge in [-0.2, -0.15) is 0 Å². The molecule has 2 atom stereocenters. The number of nitrogens with one attached hydrogen (secondary N) is 1. The number of halogens is 1. The SMILES string of the molecule is CCCNCc1cc(F)cc(N2CCC(C)C(OC)C2)c1. The van der Waals surface area contributed by atoms with E-state index in [9.17, 15) is 4.39 Å². The van der Waals surface area contributed by atoms with Crippen molar-refractivity contribution in [3.05, 3.63) is 29.6 Å². The number of hydrogen-bond acceptors (Lipinski definition) is 3. The minimum atomic E-state index is -0.159. The van der Waals surface area contributed by atoms with Gasteiger partial charge in [0.25, 0.3) is 0 Å². The van der Waals surface area contributed by atoms with Crippen molar-refractivity contribution in [1.82, 2.24) is 5.32 Å². The second-order valence-electron chi connectivity index (χ2n) is 5.98. The molecule has 4 heteroatoms. The third-order valence-corrected chi connectivity index (χ3v) is 4.26. The Labute approximate surface area is 127 Å². The van der Waals surface area contributed by atoms with Crippen LogP contribution in [0, 0.1) is 11.7 Å². The Morgan fingerprint density at radius 2 is 2.19 bits per heavy atom. The lowest BCUT2D eigenvalue weighted by Crippen LogP contribution is -2.44. The molecule has 0 bridgehead atoms. The minimum absolute atomic E-state index is 0.159. The maximum Gasteiger partial charge on any atom is 0.125 e. The fourth-order valence-corrected chi connectivity index (χ4v) is 2.90. The van der Waals surface area contributed by atoms with Gasteiger partial charge in [-0.15, -0.1) is 0 Å². The van der Waals surface area contributed by atoms with Crippen molar-refractivity contribution in [3.8, 4) is 0 Å². The Bertz CT molecular complexity index is 452. The van der Waals surface area contributed by atoms with E-state index in [4.69, 9.17) is 4.74 Å². The molecule has 0 radical (unpaired) electrons. The van der Waals surface area contributed by atoms with Crippen molar-refractivity contribution in [3.63, 3.8) is 0 Å². The lowest BCUT2D eigenvalue weighted by atomic mass is 9.95. The smallest absolute Gasteiger partial charge is 0.125 e. The van der Waals surface area contributed by atoms with E-state index >= 15 is 0 Å². The lowest BCUT2D eigenvalue weighted by Gasteiger charge is -2.37. The first-order chi connectivity index (χ1) is 10.1. The molecule has 1 aliphatic rings. The van der Waals surface area contributed by atoms with Crippen LogP contribution in [0.4, 0.5) is 10.1 Å². The normalized spacial score (nSPS) is 22.6. The topological polar surface area (TPSA) is 24.5 Å². The zero-order valence-electron chi connectivity index (χ0n) is 13.4. The minimum Gasteiger partial charge on any atom is -0.379 e. The Morgan fingerprint density at radius 3 is 2.90 bits per heavy atom. The standard InChI is InChI=1S/C17H27FN2O/c1-4-6-19-11-14-8-15(18)10-16(9-14)20-7-5-13(2)17(12-20)21-3/h8-10,13,17,19H,4-7,11-12H2,1-3H3. The summed E-state index contributed by atoms with van der Waals surface area (Å²) in [5, 5.41) is 3.33. The summed E-state index contributed by atoms with van der Waals surface area (Å²) in [5.74, 6) is 0.402. The van der Waals surface area contributed by atoms with Crippen molar-refractivity contribution in [2.45, 2.75) is 39.3 Å². The highest BCUT2D eigenvalue weighted by molar-refractivity contribution is 5.49. The van der Waals surface area contributed by atoms with Crippen LogP contribution >= 0.6 is 0 Å². The van der Waals surface area contributed by atoms with Gasteiger partial charge in [-0.05, 0) is 49.1 Å². The van der Waals surface area contributed by atoms with E-state index in [-0.39, 0.29) is 11.9 Å². The van der Waals surface area contributed by atoms with Gasteiger partial charge >= 0.3 is 0 Å². The zero-order valence-corrected chi connectivity index (χ0v) is 13.4. The number of piperidine rings is 1. The molecule has 0 spiro atoms. The van der Waals surface area contributed by atoms with Crippen LogP contribution in [0.1, 0.15) is 32.3 Å². The molecule has 118 valence electrons. The van der Waals surface area contributed by atoms with Crippen molar-refractivity contribution in [2.24, 2.45) is 5.92 Å². The quantitative estimate of drug-likeness (QED) is 0.816. The number of benzene rings is 1. The molecular weight excluding hydrogens is 267 g/mol. The number of ether oxygens (including phenoxy) is 1. The van der Waals surface area contributed by atoms with Crippen LogP contribution in [-0.4, -0.2) is 32.8 Å². The van der Waals surface area contributed by atoms with E-state index in [1.165, 1.54) is 0 Å². The maximum absolute atomic E-state index is 13.9. The van der Waals surface area contributed by atoms with Gasteiger partial charge in [-0.3, -0.25) is 0 Å². The summed E-state index contributed by atoms with van der Waals surface area (Å²) in [6.45, 7) is 7.83. The molecule has 1 N–H and O–H groups in total. The second-order valence-corrected chi connectivity index (χ2v) is 5.98. The Morgan fingerprint density at radius 1 is 1.38 bits per heavy atom. The van der Waals surface area contributed by atoms with E-state index in [1.54, 1.807) is 19.2 Å². The third kappa shape index (κ3) is 4.42. The first-order valence-electron chi connectivity index (χ1n) is 7.92. The Hall–Kier alpha value is -1.13. The predicted molar refractivity (Wildman–Crippen MR) is 85.2 cm³/mol. The average Bonchev–Trinajstić information content (AvgIpc) is 2.47. The zero-order chi connectivity index (χ0) is 15.2. The fraction of sp³-hybridized carbons (Fsp3) is 0.647. The fourth-order valence-electron chi connectivity index (χ4n) is 2.90. The Kier molecular flexibility index (Phi) is 6.00. The lowest BCUT2D eigenvalue weighted by molar-refractivity contribution is 0.0498. The van der Waals surface area contributed by atoms with Gasteiger partial charge in [0.1, 0.15) is 5.82 Å². The van der Waals surface area contributed by atoms with Gasteiger partial charge in [0.15, 0.2) is 0 Å². The molecule has 1 aromatic carbocycles. The molecule has 1 fully saturated rings. The number of methoxy groups -OCH3 is 1. The first-order valence-corrected chi connectivity index (χ1v) is 7.92. The van der Waals surface area contributed by atoms with Gasteiger partial charge in [-0.1, -0.05) is 13.8 Å². The van der Waals surface area contributed by atoms with E-state index in [0.717, 1.165) is 50.3 Å². The average molecular weight is 294 g/mol. The van der Waals surface area contributed by atoms with Crippen molar-refractivity contribution >= 4 is 5.69 Å². The molecule has 21 heavy (non-hydrogen) atoms. The third-order valence-electron chi connectivity index (χ3n) is 4.26. The highest BCUT2D eigenvalue weighted by Crippen LogP contribution is 2.26. The highest BCUT2D eigenvalue weighted by atomic mass is 19.1. The van der Waals surface area contributed by atoms with E-state index in [0.29, 0.717) is 5.92 Å². The molecule has 2 rings (SSSR count). The highest BCUT2D eigenvalue weighted by Gasteiger charge is 2.26. The van der Waals surface area contributed by atoms with Gasteiger partial charge in [-0.25, -0.2) is 4.39 Å². The largest absolute Gasteiger partial charge is 0.379 e. The summed E-state index contributed by atoms with van der Waals surface area (Å²) in [7, 11) is 1.76. The van der Waals surface area contributed by atoms with Crippen LogP contribution in [-0.2, 0) is 11.3 Å². The molecule has 1 aromatic rings. The second kappa shape index (κ2) is 7.76. The van der Waals surface area contributed by atoms with Crippen LogP contribution < -0.4 is 10.2 Å². The monoisotopic (exact) mass is 294 g/mol. The molecular formula is C17H27FN2O. The van der Waals surface area contributed by atoms with Crippen molar-refractivity contribution in [1.29, 1.82) is 0 Å². The molecule has 2 unspecified atom stereocenters. The predicted octanol–water partition coefficient (Wildman–Crippen LogP) is 3.19. The van der Waals surface area contributed by atoms with Gasteiger partial charge in [0.2, 0.25) is 0 Å². The molecule has 1 saturated heterocycles. The van der Waals surface area contributed by atoms with Gasteiger partial charge < -0.3 is 15.0 Å². The number of nitrogens with zero attached hydrogens (tertiary/aromatic N) is 1. The number of anilines is 1. The molecule has 1 heterocycles. The molecule has 0 saturated carbocycles.